The second-order valence-electron chi connectivity index (χ2n) is 10.8. The van der Waals surface area contributed by atoms with Gasteiger partial charge in [-0.1, -0.05) is 30.3 Å². The first-order chi connectivity index (χ1) is 20.4. The van der Waals surface area contributed by atoms with Crippen molar-refractivity contribution in [2.75, 3.05) is 44.8 Å². The maximum absolute atomic E-state index is 13.8. The van der Waals surface area contributed by atoms with E-state index in [1.807, 2.05) is 44.2 Å². The molecule has 4 aromatic rings. The molecule has 2 fully saturated rings. The lowest BCUT2D eigenvalue weighted by atomic mass is 9.90. The number of anilines is 1. The van der Waals surface area contributed by atoms with Gasteiger partial charge in [0.25, 0.3) is 0 Å². The second-order valence-corrected chi connectivity index (χ2v) is 10.8. The number of hydrogen-bond acceptors (Lipinski definition) is 8. The number of hydrogen-bond donors (Lipinski definition) is 2. The van der Waals surface area contributed by atoms with Crippen molar-refractivity contribution >= 4 is 11.9 Å². The molecule has 0 radical (unpaired) electrons. The molecule has 2 aromatic carbocycles. The number of nitrogens with one attached hydrogen (secondary N) is 2. The number of H-pyrrole nitrogens is 1. The molecule has 2 aliphatic heterocycles. The van der Waals surface area contributed by atoms with Crippen molar-refractivity contribution < 1.29 is 23.4 Å². The van der Waals surface area contributed by atoms with Crippen LogP contribution in [0.3, 0.4) is 0 Å². The van der Waals surface area contributed by atoms with Crippen LogP contribution in [-0.2, 0) is 19.0 Å². The van der Waals surface area contributed by atoms with Crippen molar-refractivity contribution in [3.05, 3.63) is 84.1 Å². The highest BCUT2D eigenvalue weighted by Gasteiger charge is 2.43. The minimum Gasteiger partial charge on any atom is -0.378 e. The van der Waals surface area contributed by atoms with Gasteiger partial charge in [-0.05, 0) is 49.7 Å². The van der Waals surface area contributed by atoms with Crippen LogP contribution in [0.1, 0.15) is 37.6 Å². The third-order valence-corrected chi connectivity index (χ3v) is 7.54. The highest BCUT2D eigenvalue weighted by Crippen LogP contribution is 2.36. The van der Waals surface area contributed by atoms with Crippen LogP contribution in [0.15, 0.2) is 66.9 Å². The molecule has 0 spiro atoms. The predicted octanol–water partition coefficient (Wildman–Crippen LogP) is 4.76. The van der Waals surface area contributed by atoms with Gasteiger partial charge in [0.1, 0.15) is 5.82 Å². The van der Waals surface area contributed by atoms with Gasteiger partial charge in [0.2, 0.25) is 18.1 Å². The Balaban J connectivity index is 1.26. The zero-order valence-corrected chi connectivity index (χ0v) is 23.5. The topological polar surface area (TPSA) is 114 Å². The van der Waals surface area contributed by atoms with E-state index >= 15 is 0 Å². The SMILES string of the molecule is C[C@H](Nc1nccc(-c2[nH]c(C3OCC(C)(C(=O)N4CCOCC4)CO3)nc2-c2ccc(F)cc2)n1)c1ccccc1. The van der Waals surface area contributed by atoms with E-state index in [1.54, 1.807) is 29.3 Å². The number of morpholine rings is 1. The lowest BCUT2D eigenvalue weighted by Gasteiger charge is -2.39. The fourth-order valence-corrected chi connectivity index (χ4v) is 5.13. The first-order valence-corrected chi connectivity index (χ1v) is 14.0. The van der Waals surface area contributed by atoms with Gasteiger partial charge < -0.3 is 29.4 Å². The van der Waals surface area contributed by atoms with E-state index < -0.39 is 11.7 Å². The number of carbonyl (C=O) groups is 1. The zero-order valence-electron chi connectivity index (χ0n) is 23.5. The Hall–Kier alpha value is -4.19. The standard InChI is InChI=1S/C31H33FN6O4/c1-20(21-6-4-3-5-7-21)34-30-33-13-12-24(35-30)26-25(22-8-10-23(32)11-9-22)36-27(37-26)28-41-18-31(2,19-42-28)29(39)38-14-16-40-17-15-38/h3-13,20,28H,14-19H2,1-2H3,(H,36,37)(H,33,34,35)/t20-,28?,31?/m0/s1. The molecule has 11 heteroatoms. The van der Waals surface area contributed by atoms with Crippen molar-refractivity contribution in [2.24, 2.45) is 5.41 Å². The van der Waals surface area contributed by atoms with Gasteiger partial charge >= 0.3 is 0 Å². The lowest BCUT2D eigenvalue weighted by Crippen LogP contribution is -2.53. The summed E-state index contributed by atoms with van der Waals surface area (Å²) in [5.41, 5.74) is 2.76. The van der Waals surface area contributed by atoms with Gasteiger partial charge in [0.05, 0.1) is 55.0 Å². The average Bonchev–Trinajstić information content (AvgIpc) is 3.48. The zero-order chi connectivity index (χ0) is 29.1. The van der Waals surface area contributed by atoms with Gasteiger partial charge in [0, 0.05) is 24.8 Å². The molecule has 4 heterocycles. The Kier molecular flexibility index (Phi) is 7.96. The van der Waals surface area contributed by atoms with E-state index in [0.717, 1.165) is 5.56 Å². The van der Waals surface area contributed by atoms with E-state index in [-0.39, 0.29) is 31.0 Å². The van der Waals surface area contributed by atoms with E-state index in [9.17, 15) is 9.18 Å². The van der Waals surface area contributed by atoms with Crippen molar-refractivity contribution in [1.29, 1.82) is 0 Å². The molecule has 1 amide bonds. The maximum atomic E-state index is 13.8. The highest BCUT2D eigenvalue weighted by molar-refractivity contribution is 5.83. The van der Waals surface area contributed by atoms with E-state index in [4.69, 9.17) is 24.2 Å². The van der Waals surface area contributed by atoms with Crippen LogP contribution in [0.4, 0.5) is 10.3 Å². The molecule has 0 unspecified atom stereocenters. The van der Waals surface area contributed by atoms with Gasteiger partial charge in [0.15, 0.2) is 5.82 Å². The summed E-state index contributed by atoms with van der Waals surface area (Å²) in [4.78, 5) is 32.3. The predicted molar refractivity (Wildman–Crippen MR) is 154 cm³/mol. The fourth-order valence-electron chi connectivity index (χ4n) is 5.13. The monoisotopic (exact) mass is 572 g/mol. The number of amides is 1. The van der Waals surface area contributed by atoms with Crippen LogP contribution in [0.5, 0.6) is 0 Å². The van der Waals surface area contributed by atoms with E-state index in [2.05, 4.69) is 15.3 Å². The number of carbonyl (C=O) groups excluding carboxylic acids is 1. The molecular weight excluding hydrogens is 539 g/mol. The normalized spacial score (nSPS) is 21.6. The second kappa shape index (κ2) is 12.0. The molecule has 10 nitrogen and oxygen atoms in total. The molecule has 2 saturated heterocycles. The third-order valence-electron chi connectivity index (χ3n) is 7.54. The van der Waals surface area contributed by atoms with Gasteiger partial charge in [-0.25, -0.2) is 19.3 Å². The molecule has 6 rings (SSSR count). The minimum atomic E-state index is -0.818. The summed E-state index contributed by atoms with van der Waals surface area (Å²) in [7, 11) is 0. The number of imidazole rings is 1. The van der Waals surface area contributed by atoms with Gasteiger partial charge in [-0.15, -0.1) is 0 Å². The molecule has 2 aliphatic rings. The summed E-state index contributed by atoms with van der Waals surface area (Å²) in [6.45, 7) is 6.41. The Labute approximate surface area is 243 Å². The van der Waals surface area contributed by atoms with E-state index in [0.29, 0.717) is 60.7 Å². The molecular formula is C31H33FN6O4. The van der Waals surface area contributed by atoms with E-state index in [1.165, 1.54) is 12.1 Å². The van der Waals surface area contributed by atoms with Gasteiger partial charge in [-0.2, -0.15) is 0 Å². The number of halogens is 1. The smallest absolute Gasteiger partial charge is 0.233 e. The van der Waals surface area contributed by atoms with Crippen LogP contribution in [0.25, 0.3) is 22.6 Å². The highest BCUT2D eigenvalue weighted by atomic mass is 19.1. The van der Waals surface area contributed by atoms with Crippen molar-refractivity contribution in [2.45, 2.75) is 26.2 Å². The molecule has 1 atom stereocenters. The number of rotatable bonds is 7. The van der Waals surface area contributed by atoms with Crippen molar-refractivity contribution in [3.8, 4) is 22.6 Å². The Morgan fingerprint density at radius 3 is 2.48 bits per heavy atom. The number of nitrogens with zero attached hydrogens (tertiary/aromatic N) is 4. The third kappa shape index (κ3) is 5.89. The maximum Gasteiger partial charge on any atom is 0.233 e. The average molecular weight is 573 g/mol. The van der Waals surface area contributed by atoms with Crippen LogP contribution >= 0.6 is 0 Å². The number of ether oxygens (including phenoxy) is 3. The summed E-state index contributed by atoms with van der Waals surface area (Å²) in [6.07, 6.45) is 0.856. The molecule has 42 heavy (non-hydrogen) atoms. The summed E-state index contributed by atoms with van der Waals surface area (Å²) in [5.74, 6) is 0.522. The molecule has 0 bridgehead atoms. The molecule has 2 aromatic heterocycles. The first kappa shape index (κ1) is 28.0. The Bertz CT molecular complexity index is 1520. The van der Waals surface area contributed by atoms with Crippen LogP contribution in [0, 0.1) is 11.2 Å². The Morgan fingerprint density at radius 2 is 1.76 bits per heavy atom. The molecule has 0 saturated carbocycles. The van der Waals surface area contributed by atoms with Crippen LogP contribution in [-0.4, -0.2) is 70.3 Å². The number of aromatic nitrogens is 4. The van der Waals surface area contributed by atoms with Crippen molar-refractivity contribution in [1.82, 2.24) is 24.8 Å². The minimum absolute atomic E-state index is 0.0119. The quantitative estimate of drug-likeness (QED) is 0.326. The molecule has 0 aliphatic carbocycles. The first-order valence-electron chi connectivity index (χ1n) is 14.0. The van der Waals surface area contributed by atoms with Crippen LogP contribution < -0.4 is 5.32 Å². The summed E-state index contributed by atoms with van der Waals surface area (Å²) in [5, 5.41) is 3.35. The largest absolute Gasteiger partial charge is 0.378 e. The summed E-state index contributed by atoms with van der Waals surface area (Å²) in [6, 6.07) is 17.9. The fraction of sp³-hybridized carbons (Fsp3) is 0.355. The number of aromatic amines is 1. The van der Waals surface area contributed by atoms with Crippen LogP contribution in [0.2, 0.25) is 0 Å². The molecule has 2 N–H and O–H groups in total. The lowest BCUT2D eigenvalue weighted by molar-refractivity contribution is -0.235. The number of benzene rings is 2. The summed E-state index contributed by atoms with van der Waals surface area (Å²) >= 11 is 0. The summed E-state index contributed by atoms with van der Waals surface area (Å²) < 4.78 is 31.3. The Morgan fingerprint density at radius 1 is 1.05 bits per heavy atom. The van der Waals surface area contributed by atoms with Crippen molar-refractivity contribution in [3.63, 3.8) is 0 Å². The van der Waals surface area contributed by atoms with Gasteiger partial charge in [-0.3, -0.25) is 4.79 Å². The molecule has 218 valence electrons.